The number of hydrogen-bond donors (Lipinski definition) is 1. The lowest BCUT2D eigenvalue weighted by Gasteiger charge is -2.03. The molecule has 3 heteroatoms. The minimum absolute atomic E-state index is 0.963. The highest BCUT2D eigenvalue weighted by molar-refractivity contribution is 5.57. The Morgan fingerprint density at radius 2 is 1.83 bits per heavy atom. The van der Waals surface area contributed by atoms with Gasteiger partial charge in [0.25, 0.3) is 0 Å². The van der Waals surface area contributed by atoms with Crippen LogP contribution >= 0.6 is 0 Å². The number of nitrogens with one attached hydrogen (secondary N) is 1. The van der Waals surface area contributed by atoms with E-state index in [1.54, 1.807) is 0 Å². The van der Waals surface area contributed by atoms with Crippen LogP contribution in [-0.2, 0) is 13.5 Å². The number of benzene rings is 1. The van der Waals surface area contributed by atoms with Crippen molar-refractivity contribution in [2.24, 2.45) is 7.05 Å². The van der Waals surface area contributed by atoms with E-state index < -0.39 is 0 Å². The predicted molar refractivity (Wildman–Crippen MR) is 75.7 cm³/mol. The molecule has 0 aliphatic carbocycles. The monoisotopic (exact) mass is 243 g/mol. The van der Waals surface area contributed by atoms with E-state index in [0.717, 1.165) is 18.8 Å². The first-order valence-corrected chi connectivity index (χ1v) is 6.37. The molecule has 0 atom stereocenters. The van der Waals surface area contributed by atoms with Crippen LogP contribution in [0.2, 0.25) is 0 Å². The highest BCUT2D eigenvalue weighted by Gasteiger charge is 2.11. The molecule has 1 heterocycles. The fourth-order valence-corrected chi connectivity index (χ4v) is 2.08. The van der Waals surface area contributed by atoms with Gasteiger partial charge in [0.05, 0.1) is 5.69 Å². The van der Waals surface area contributed by atoms with Crippen molar-refractivity contribution >= 4 is 0 Å². The highest BCUT2D eigenvalue weighted by Crippen LogP contribution is 2.21. The Morgan fingerprint density at radius 3 is 2.44 bits per heavy atom. The molecule has 2 aromatic rings. The zero-order chi connectivity index (χ0) is 13.1. The molecule has 0 bridgehead atoms. The summed E-state index contributed by atoms with van der Waals surface area (Å²) in [6.07, 6.45) is 0.974. The topological polar surface area (TPSA) is 29.9 Å². The molecule has 18 heavy (non-hydrogen) atoms. The Labute approximate surface area is 109 Å². The molecule has 96 valence electrons. The van der Waals surface area contributed by atoms with E-state index in [1.807, 2.05) is 7.05 Å². The SMILES string of the molecule is CNCCc1nc(-c2ccc(C)cc2)n(C)c1C. The van der Waals surface area contributed by atoms with Gasteiger partial charge in [0.2, 0.25) is 0 Å². The van der Waals surface area contributed by atoms with E-state index in [1.165, 1.54) is 22.5 Å². The lowest BCUT2D eigenvalue weighted by atomic mass is 10.1. The smallest absolute Gasteiger partial charge is 0.140 e. The fraction of sp³-hybridized carbons (Fsp3) is 0.400. The van der Waals surface area contributed by atoms with E-state index in [4.69, 9.17) is 4.98 Å². The van der Waals surface area contributed by atoms with Crippen LogP contribution in [0.1, 0.15) is 17.0 Å². The number of hydrogen-bond acceptors (Lipinski definition) is 2. The zero-order valence-corrected chi connectivity index (χ0v) is 11.6. The Balaban J connectivity index is 2.36. The molecule has 0 amide bonds. The average molecular weight is 243 g/mol. The van der Waals surface area contributed by atoms with Gasteiger partial charge in [-0.2, -0.15) is 0 Å². The van der Waals surface area contributed by atoms with E-state index >= 15 is 0 Å². The van der Waals surface area contributed by atoms with E-state index in [2.05, 4.69) is 55.0 Å². The number of rotatable bonds is 4. The average Bonchev–Trinajstić information content (AvgIpc) is 2.65. The number of aromatic nitrogens is 2. The van der Waals surface area contributed by atoms with Gasteiger partial charge < -0.3 is 9.88 Å². The summed E-state index contributed by atoms with van der Waals surface area (Å²) in [6.45, 7) is 5.20. The van der Waals surface area contributed by atoms with Crippen LogP contribution in [0.15, 0.2) is 24.3 Å². The van der Waals surface area contributed by atoms with Crippen molar-refractivity contribution in [3.8, 4) is 11.4 Å². The van der Waals surface area contributed by atoms with Crippen LogP contribution in [0.3, 0.4) is 0 Å². The maximum Gasteiger partial charge on any atom is 0.140 e. The van der Waals surface area contributed by atoms with Crippen molar-refractivity contribution in [3.05, 3.63) is 41.2 Å². The molecule has 0 saturated carbocycles. The van der Waals surface area contributed by atoms with Gasteiger partial charge >= 0.3 is 0 Å². The quantitative estimate of drug-likeness (QED) is 0.894. The third-order valence-corrected chi connectivity index (χ3v) is 3.40. The van der Waals surface area contributed by atoms with Crippen LogP contribution in [0.5, 0.6) is 0 Å². The zero-order valence-electron chi connectivity index (χ0n) is 11.6. The number of aryl methyl sites for hydroxylation is 1. The molecule has 0 unspecified atom stereocenters. The van der Waals surface area contributed by atoms with Gasteiger partial charge in [-0.15, -0.1) is 0 Å². The maximum absolute atomic E-state index is 4.77. The summed E-state index contributed by atoms with van der Waals surface area (Å²) in [5.41, 5.74) is 4.89. The van der Waals surface area contributed by atoms with Gasteiger partial charge in [0.15, 0.2) is 0 Å². The predicted octanol–water partition coefficient (Wildman–Crippen LogP) is 2.47. The Kier molecular flexibility index (Phi) is 3.82. The van der Waals surface area contributed by atoms with Gasteiger partial charge in [-0.25, -0.2) is 4.98 Å². The van der Waals surface area contributed by atoms with Gasteiger partial charge in [-0.05, 0) is 20.9 Å². The maximum atomic E-state index is 4.77. The third kappa shape index (κ3) is 2.46. The third-order valence-electron chi connectivity index (χ3n) is 3.40. The summed E-state index contributed by atoms with van der Waals surface area (Å²) in [7, 11) is 4.06. The van der Waals surface area contributed by atoms with Crippen molar-refractivity contribution in [3.63, 3.8) is 0 Å². The van der Waals surface area contributed by atoms with Crippen molar-refractivity contribution in [2.45, 2.75) is 20.3 Å². The number of nitrogens with zero attached hydrogens (tertiary/aromatic N) is 2. The molecule has 1 aromatic heterocycles. The summed E-state index contributed by atoms with van der Waals surface area (Å²) < 4.78 is 2.18. The van der Waals surface area contributed by atoms with Crippen LogP contribution in [0, 0.1) is 13.8 Å². The second kappa shape index (κ2) is 5.36. The molecule has 0 aliphatic rings. The minimum atomic E-state index is 0.963. The Morgan fingerprint density at radius 1 is 1.17 bits per heavy atom. The molecule has 0 aliphatic heterocycles. The summed E-state index contributed by atoms with van der Waals surface area (Å²) in [5.74, 6) is 1.05. The van der Waals surface area contributed by atoms with Gasteiger partial charge in [0, 0.05) is 31.3 Å². The highest BCUT2D eigenvalue weighted by atomic mass is 15.1. The molecule has 1 aromatic carbocycles. The van der Waals surface area contributed by atoms with Crippen LogP contribution in [-0.4, -0.2) is 23.1 Å². The first-order valence-electron chi connectivity index (χ1n) is 6.37. The number of likely N-dealkylation sites (N-methyl/N-ethyl adjacent to an activating group) is 1. The standard InChI is InChI=1S/C15H21N3/c1-11-5-7-13(8-6-11)15-17-14(9-10-16-3)12(2)18(15)4/h5-8,16H,9-10H2,1-4H3. The minimum Gasteiger partial charge on any atom is -0.331 e. The Hall–Kier alpha value is -1.61. The molecule has 0 saturated heterocycles. The van der Waals surface area contributed by atoms with Gasteiger partial charge in [0.1, 0.15) is 5.82 Å². The first kappa shape index (κ1) is 12.8. The second-order valence-electron chi connectivity index (χ2n) is 4.75. The number of imidazole rings is 1. The summed E-state index contributed by atoms with van der Waals surface area (Å²) in [4.78, 5) is 4.77. The molecule has 0 fully saturated rings. The van der Waals surface area contributed by atoms with Gasteiger partial charge in [-0.3, -0.25) is 0 Å². The summed E-state index contributed by atoms with van der Waals surface area (Å²) in [5, 5.41) is 3.17. The lowest BCUT2D eigenvalue weighted by molar-refractivity contribution is 0.772. The van der Waals surface area contributed by atoms with Crippen molar-refractivity contribution in [2.75, 3.05) is 13.6 Å². The molecule has 3 nitrogen and oxygen atoms in total. The van der Waals surface area contributed by atoms with E-state index in [0.29, 0.717) is 0 Å². The summed E-state index contributed by atoms with van der Waals surface area (Å²) >= 11 is 0. The second-order valence-corrected chi connectivity index (χ2v) is 4.75. The van der Waals surface area contributed by atoms with Crippen LogP contribution in [0.25, 0.3) is 11.4 Å². The largest absolute Gasteiger partial charge is 0.331 e. The molecule has 1 N–H and O–H groups in total. The van der Waals surface area contributed by atoms with Gasteiger partial charge in [-0.1, -0.05) is 29.8 Å². The van der Waals surface area contributed by atoms with E-state index in [-0.39, 0.29) is 0 Å². The first-order chi connectivity index (χ1) is 8.63. The molecule has 0 spiro atoms. The Bertz CT molecular complexity index is 523. The van der Waals surface area contributed by atoms with Crippen LogP contribution < -0.4 is 5.32 Å². The van der Waals surface area contributed by atoms with Crippen molar-refractivity contribution in [1.82, 2.24) is 14.9 Å². The van der Waals surface area contributed by atoms with Crippen LogP contribution in [0.4, 0.5) is 0 Å². The van der Waals surface area contributed by atoms with Crippen molar-refractivity contribution in [1.29, 1.82) is 0 Å². The lowest BCUT2D eigenvalue weighted by Crippen LogP contribution is -2.11. The fourth-order valence-electron chi connectivity index (χ4n) is 2.08. The van der Waals surface area contributed by atoms with E-state index in [9.17, 15) is 0 Å². The molecular formula is C15H21N3. The summed E-state index contributed by atoms with van der Waals surface area (Å²) in [6, 6.07) is 8.54. The normalized spacial score (nSPS) is 10.9. The van der Waals surface area contributed by atoms with Crippen molar-refractivity contribution < 1.29 is 0 Å². The molecular weight excluding hydrogens is 222 g/mol. The molecule has 0 radical (unpaired) electrons. The molecule has 2 rings (SSSR count).